The van der Waals surface area contributed by atoms with Crippen LogP contribution in [0.1, 0.15) is 5.56 Å². The molecule has 0 spiro atoms. The maximum Gasteiger partial charge on any atom is 0.261 e. The minimum absolute atomic E-state index is 0.0381. The second-order valence-electron chi connectivity index (χ2n) is 4.25. The summed E-state index contributed by atoms with van der Waals surface area (Å²) in [5, 5.41) is 0.795. The summed E-state index contributed by atoms with van der Waals surface area (Å²) in [6.45, 7) is 1.83. The van der Waals surface area contributed by atoms with Gasteiger partial charge in [-0.3, -0.25) is 4.72 Å². The van der Waals surface area contributed by atoms with Crippen LogP contribution in [0.4, 0.5) is 11.4 Å². The van der Waals surface area contributed by atoms with Gasteiger partial charge in [-0.25, -0.2) is 8.42 Å². The Balaban J connectivity index is 2.35. The van der Waals surface area contributed by atoms with E-state index >= 15 is 0 Å². The summed E-state index contributed by atoms with van der Waals surface area (Å²) in [5.41, 5.74) is 7.06. The van der Waals surface area contributed by atoms with Gasteiger partial charge in [0, 0.05) is 5.02 Å². The number of nitrogens with two attached hydrogens (primary N) is 1. The first-order valence-electron chi connectivity index (χ1n) is 5.63. The van der Waals surface area contributed by atoms with Crippen molar-refractivity contribution in [2.24, 2.45) is 0 Å². The molecule has 0 aliphatic carbocycles. The van der Waals surface area contributed by atoms with Crippen LogP contribution in [0.15, 0.2) is 41.3 Å². The molecule has 0 fully saturated rings. The van der Waals surface area contributed by atoms with Crippen molar-refractivity contribution in [3.05, 3.63) is 52.0 Å². The summed E-state index contributed by atoms with van der Waals surface area (Å²) < 4.78 is 26.9. The zero-order valence-corrected chi connectivity index (χ0v) is 12.9. The molecule has 0 aromatic heterocycles. The first kappa shape index (κ1) is 15.0. The van der Waals surface area contributed by atoms with Crippen molar-refractivity contribution in [1.82, 2.24) is 0 Å². The molecule has 2 aromatic rings. The van der Waals surface area contributed by atoms with Crippen LogP contribution in [0.3, 0.4) is 0 Å². The predicted molar refractivity (Wildman–Crippen MR) is 82.9 cm³/mol. The van der Waals surface area contributed by atoms with E-state index in [1.54, 1.807) is 18.2 Å². The highest BCUT2D eigenvalue weighted by atomic mass is 35.5. The van der Waals surface area contributed by atoms with Crippen LogP contribution in [-0.4, -0.2) is 8.42 Å². The quantitative estimate of drug-likeness (QED) is 0.843. The van der Waals surface area contributed by atoms with E-state index in [0.717, 1.165) is 5.56 Å². The Morgan fingerprint density at radius 1 is 1.05 bits per heavy atom. The minimum Gasteiger partial charge on any atom is -0.397 e. The Hall–Kier alpha value is -1.43. The molecule has 0 aliphatic heterocycles. The first-order chi connectivity index (χ1) is 9.29. The number of hydrogen-bond donors (Lipinski definition) is 2. The molecule has 106 valence electrons. The van der Waals surface area contributed by atoms with Gasteiger partial charge in [-0.05, 0) is 42.8 Å². The van der Waals surface area contributed by atoms with Crippen molar-refractivity contribution in [2.75, 3.05) is 10.5 Å². The monoisotopic (exact) mass is 330 g/mol. The van der Waals surface area contributed by atoms with Crippen LogP contribution in [-0.2, 0) is 10.0 Å². The molecule has 3 N–H and O–H groups in total. The molecule has 0 saturated carbocycles. The lowest BCUT2D eigenvalue weighted by Crippen LogP contribution is -2.13. The third kappa shape index (κ3) is 3.17. The molecule has 0 bridgehead atoms. The SMILES string of the molecule is Cc1ccc(NS(=O)(=O)c2ccc(Cl)c(N)c2)cc1Cl. The zero-order chi connectivity index (χ0) is 14.9. The summed E-state index contributed by atoms with van der Waals surface area (Å²) in [7, 11) is -3.73. The van der Waals surface area contributed by atoms with Gasteiger partial charge >= 0.3 is 0 Å². The number of aryl methyl sites for hydroxylation is 1. The summed E-state index contributed by atoms with van der Waals surface area (Å²) in [6.07, 6.45) is 0. The van der Waals surface area contributed by atoms with Crippen molar-refractivity contribution in [2.45, 2.75) is 11.8 Å². The summed E-state index contributed by atoms with van der Waals surface area (Å²) >= 11 is 11.7. The number of benzene rings is 2. The molecule has 4 nitrogen and oxygen atoms in total. The maximum absolute atomic E-state index is 12.2. The number of rotatable bonds is 3. The average Bonchev–Trinajstić information content (AvgIpc) is 2.37. The number of anilines is 2. The molecule has 7 heteroatoms. The van der Waals surface area contributed by atoms with Crippen molar-refractivity contribution in [1.29, 1.82) is 0 Å². The Bertz CT molecular complexity index is 761. The van der Waals surface area contributed by atoms with E-state index in [2.05, 4.69) is 4.72 Å². The maximum atomic E-state index is 12.2. The lowest BCUT2D eigenvalue weighted by molar-refractivity contribution is 0.601. The van der Waals surface area contributed by atoms with E-state index in [0.29, 0.717) is 15.7 Å². The van der Waals surface area contributed by atoms with E-state index < -0.39 is 10.0 Å². The van der Waals surface area contributed by atoms with Gasteiger partial charge in [0.05, 0.1) is 21.3 Å². The number of nitrogen functional groups attached to an aromatic ring is 1. The van der Waals surface area contributed by atoms with Gasteiger partial charge in [-0.1, -0.05) is 29.3 Å². The van der Waals surface area contributed by atoms with Crippen LogP contribution in [0.25, 0.3) is 0 Å². The molecule has 2 aromatic carbocycles. The first-order valence-corrected chi connectivity index (χ1v) is 7.87. The Morgan fingerprint density at radius 2 is 1.75 bits per heavy atom. The van der Waals surface area contributed by atoms with Crippen LogP contribution in [0.5, 0.6) is 0 Å². The highest BCUT2D eigenvalue weighted by molar-refractivity contribution is 7.92. The molecule has 0 radical (unpaired) electrons. The van der Waals surface area contributed by atoms with Gasteiger partial charge in [0.2, 0.25) is 0 Å². The highest BCUT2D eigenvalue weighted by Gasteiger charge is 2.15. The van der Waals surface area contributed by atoms with Crippen LogP contribution in [0.2, 0.25) is 10.0 Å². The smallest absolute Gasteiger partial charge is 0.261 e. The van der Waals surface area contributed by atoms with Gasteiger partial charge in [-0.2, -0.15) is 0 Å². The van der Waals surface area contributed by atoms with E-state index in [9.17, 15) is 8.42 Å². The van der Waals surface area contributed by atoms with Gasteiger partial charge in [0.1, 0.15) is 0 Å². The normalized spacial score (nSPS) is 11.3. The minimum atomic E-state index is -3.73. The summed E-state index contributed by atoms with van der Waals surface area (Å²) in [4.78, 5) is 0.0381. The molecule has 0 atom stereocenters. The van der Waals surface area contributed by atoms with Gasteiger partial charge in [-0.15, -0.1) is 0 Å². The van der Waals surface area contributed by atoms with Gasteiger partial charge < -0.3 is 5.73 Å². The van der Waals surface area contributed by atoms with Crippen molar-refractivity contribution in [3.63, 3.8) is 0 Å². The standard InChI is InChI=1S/C13H12Cl2N2O2S/c1-8-2-3-9(6-12(8)15)17-20(18,19)10-4-5-11(14)13(16)7-10/h2-7,17H,16H2,1H3. The highest BCUT2D eigenvalue weighted by Crippen LogP contribution is 2.25. The van der Waals surface area contributed by atoms with Crippen LogP contribution < -0.4 is 10.5 Å². The second kappa shape index (κ2) is 5.52. The van der Waals surface area contributed by atoms with E-state index in [-0.39, 0.29) is 10.6 Å². The zero-order valence-electron chi connectivity index (χ0n) is 10.5. The summed E-state index contributed by atoms with van der Waals surface area (Å²) in [6, 6.07) is 9.05. The fourth-order valence-corrected chi connectivity index (χ4v) is 2.94. The molecule has 0 saturated heterocycles. The van der Waals surface area contributed by atoms with Crippen molar-refractivity contribution >= 4 is 44.6 Å². The fraction of sp³-hybridized carbons (Fsp3) is 0.0769. The lowest BCUT2D eigenvalue weighted by Gasteiger charge is -2.10. The summed E-state index contributed by atoms with van der Waals surface area (Å²) in [5.74, 6) is 0. The molecule has 0 heterocycles. The number of halogens is 2. The molecule has 2 rings (SSSR count). The van der Waals surface area contributed by atoms with Crippen molar-refractivity contribution < 1.29 is 8.42 Å². The number of hydrogen-bond acceptors (Lipinski definition) is 3. The van der Waals surface area contributed by atoms with E-state index in [1.807, 2.05) is 6.92 Å². The average molecular weight is 331 g/mol. The van der Waals surface area contributed by atoms with E-state index in [4.69, 9.17) is 28.9 Å². The molecule has 20 heavy (non-hydrogen) atoms. The Morgan fingerprint density at radius 3 is 2.35 bits per heavy atom. The molecule has 0 amide bonds. The van der Waals surface area contributed by atoms with Gasteiger partial charge in [0.15, 0.2) is 0 Å². The second-order valence-corrected chi connectivity index (χ2v) is 6.75. The van der Waals surface area contributed by atoms with Crippen molar-refractivity contribution in [3.8, 4) is 0 Å². The number of nitrogens with one attached hydrogen (secondary N) is 1. The molecular weight excluding hydrogens is 319 g/mol. The molecular formula is C13H12Cl2N2O2S. The van der Waals surface area contributed by atoms with E-state index in [1.165, 1.54) is 18.2 Å². The largest absolute Gasteiger partial charge is 0.397 e. The number of sulfonamides is 1. The Kier molecular flexibility index (Phi) is 4.13. The topological polar surface area (TPSA) is 72.2 Å². The predicted octanol–water partition coefficient (Wildman–Crippen LogP) is 3.68. The third-order valence-corrected chi connectivity index (χ3v) is 4.83. The van der Waals surface area contributed by atoms with Gasteiger partial charge in [0.25, 0.3) is 10.0 Å². The van der Waals surface area contributed by atoms with Crippen LogP contribution in [0, 0.1) is 6.92 Å². The fourth-order valence-electron chi connectivity index (χ4n) is 1.56. The Labute approximate surface area is 127 Å². The molecule has 0 unspecified atom stereocenters. The molecule has 0 aliphatic rings. The van der Waals surface area contributed by atoms with Crippen LogP contribution >= 0.6 is 23.2 Å². The lowest BCUT2D eigenvalue weighted by atomic mass is 10.2. The third-order valence-electron chi connectivity index (χ3n) is 2.70.